The van der Waals surface area contributed by atoms with E-state index in [0.29, 0.717) is 23.9 Å². The highest BCUT2D eigenvalue weighted by Crippen LogP contribution is 2.20. The lowest BCUT2D eigenvalue weighted by Gasteiger charge is -2.17. The lowest BCUT2D eigenvalue weighted by molar-refractivity contribution is -0.129. The number of sulfone groups is 1. The lowest BCUT2D eigenvalue weighted by Crippen LogP contribution is -2.32. The molecule has 0 N–H and O–H groups in total. The number of amides is 1. The van der Waals surface area contributed by atoms with Gasteiger partial charge in [0.25, 0.3) is 0 Å². The van der Waals surface area contributed by atoms with Crippen molar-refractivity contribution >= 4 is 15.7 Å². The molecule has 0 bridgehead atoms. The SMILES string of the molecule is Cc1cccc(OC2CCN(C(=O)Cc3ccc(S(=O)(=O)C(C)C)cc3)C2)n1. The molecule has 0 saturated carbocycles. The third-order valence-corrected chi connectivity index (χ3v) is 7.05. The largest absolute Gasteiger partial charge is 0.472 e. The molecule has 1 fully saturated rings. The van der Waals surface area contributed by atoms with Gasteiger partial charge in [-0.15, -0.1) is 0 Å². The van der Waals surface area contributed by atoms with Gasteiger partial charge in [-0.25, -0.2) is 13.4 Å². The second-order valence-corrected chi connectivity index (χ2v) is 9.90. The van der Waals surface area contributed by atoms with Gasteiger partial charge in [0.1, 0.15) is 6.10 Å². The van der Waals surface area contributed by atoms with Crippen LogP contribution in [0.2, 0.25) is 0 Å². The van der Waals surface area contributed by atoms with Gasteiger partial charge in [-0.1, -0.05) is 18.2 Å². The molecule has 1 saturated heterocycles. The third-order valence-electron chi connectivity index (χ3n) is 4.88. The van der Waals surface area contributed by atoms with Gasteiger partial charge in [-0.3, -0.25) is 4.79 Å². The zero-order chi connectivity index (χ0) is 20.3. The predicted octanol–water partition coefficient (Wildman–Crippen LogP) is 2.79. The van der Waals surface area contributed by atoms with Crippen LogP contribution < -0.4 is 4.74 Å². The van der Waals surface area contributed by atoms with Crippen LogP contribution in [-0.4, -0.2) is 48.7 Å². The van der Waals surface area contributed by atoms with Crippen LogP contribution in [0, 0.1) is 6.92 Å². The first-order chi connectivity index (χ1) is 13.3. The van der Waals surface area contributed by atoms with E-state index in [2.05, 4.69) is 4.98 Å². The average Bonchev–Trinajstić information content (AvgIpc) is 3.10. The van der Waals surface area contributed by atoms with E-state index in [-0.39, 0.29) is 18.4 Å². The molecular weight excluding hydrogens is 376 g/mol. The highest BCUT2D eigenvalue weighted by molar-refractivity contribution is 7.92. The number of benzene rings is 1. The van der Waals surface area contributed by atoms with Gasteiger partial charge in [0.2, 0.25) is 11.8 Å². The summed E-state index contributed by atoms with van der Waals surface area (Å²) in [6.07, 6.45) is 0.960. The van der Waals surface area contributed by atoms with Crippen LogP contribution in [0.25, 0.3) is 0 Å². The van der Waals surface area contributed by atoms with Gasteiger partial charge in [0.15, 0.2) is 9.84 Å². The van der Waals surface area contributed by atoms with E-state index < -0.39 is 15.1 Å². The maximum absolute atomic E-state index is 12.6. The standard InChI is InChI=1S/C21H26N2O4S/c1-15(2)28(25,26)19-9-7-17(8-10-19)13-21(24)23-12-11-18(14-23)27-20-6-4-5-16(3)22-20/h4-10,15,18H,11-14H2,1-3H3. The molecule has 2 aromatic rings. The minimum atomic E-state index is -3.30. The molecule has 1 atom stereocenters. The average molecular weight is 403 g/mol. The van der Waals surface area contributed by atoms with Crippen LogP contribution in [0.1, 0.15) is 31.5 Å². The van der Waals surface area contributed by atoms with Crippen molar-refractivity contribution in [1.82, 2.24) is 9.88 Å². The zero-order valence-corrected chi connectivity index (χ0v) is 17.3. The summed E-state index contributed by atoms with van der Waals surface area (Å²) in [6.45, 7) is 6.41. The lowest BCUT2D eigenvalue weighted by atomic mass is 10.1. The molecule has 6 nitrogen and oxygen atoms in total. The van der Waals surface area contributed by atoms with Crippen molar-refractivity contribution in [3.05, 3.63) is 53.7 Å². The number of hydrogen-bond acceptors (Lipinski definition) is 5. The second kappa shape index (κ2) is 8.31. The number of hydrogen-bond donors (Lipinski definition) is 0. The fourth-order valence-corrected chi connectivity index (χ4v) is 4.22. The molecule has 1 aliphatic heterocycles. The normalized spacial score (nSPS) is 17.1. The van der Waals surface area contributed by atoms with Gasteiger partial charge in [0, 0.05) is 24.7 Å². The molecule has 1 aromatic carbocycles. The Morgan fingerprint density at radius 2 is 1.93 bits per heavy atom. The fraction of sp³-hybridized carbons (Fsp3) is 0.429. The van der Waals surface area contributed by atoms with Crippen LogP contribution in [0.4, 0.5) is 0 Å². The van der Waals surface area contributed by atoms with E-state index in [4.69, 9.17) is 4.74 Å². The number of aryl methyl sites for hydroxylation is 1. The number of ether oxygens (including phenoxy) is 1. The Bertz CT molecular complexity index is 939. The summed E-state index contributed by atoms with van der Waals surface area (Å²) in [7, 11) is -3.30. The van der Waals surface area contributed by atoms with Crippen molar-refractivity contribution in [1.29, 1.82) is 0 Å². The molecular formula is C21H26N2O4S. The van der Waals surface area contributed by atoms with Gasteiger partial charge < -0.3 is 9.64 Å². The summed E-state index contributed by atoms with van der Waals surface area (Å²) in [5.41, 5.74) is 1.70. The zero-order valence-electron chi connectivity index (χ0n) is 16.5. The summed E-state index contributed by atoms with van der Waals surface area (Å²) in [4.78, 5) is 19.0. The van der Waals surface area contributed by atoms with Crippen LogP contribution in [-0.2, 0) is 21.1 Å². The number of nitrogens with zero attached hydrogens (tertiary/aromatic N) is 2. The van der Waals surface area contributed by atoms with Crippen molar-refractivity contribution in [3.63, 3.8) is 0 Å². The Kier molecular flexibility index (Phi) is 6.03. The van der Waals surface area contributed by atoms with Crippen LogP contribution in [0.15, 0.2) is 47.4 Å². The molecule has 1 aromatic heterocycles. The van der Waals surface area contributed by atoms with Crippen LogP contribution in [0.3, 0.4) is 0 Å². The highest BCUT2D eigenvalue weighted by Gasteiger charge is 2.28. The Balaban J connectivity index is 1.57. The Morgan fingerprint density at radius 1 is 1.21 bits per heavy atom. The van der Waals surface area contributed by atoms with Gasteiger partial charge >= 0.3 is 0 Å². The quantitative estimate of drug-likeness (QED) is 0.743. The molecule has 0 aliphatic carbocycles. The molecule has 28 heavy (non-hydrogen) atoms. The minimum Gasteiger partial charge on any atom is -0.472 e. The number of carbonyl (C=O) groups is 1. The monoisotopic (exact) mass is 402 g/mol. The first-order valence-electron chi connectivity index (χ1n) is 9.46. The van der Waals surface area contributed by atoms with Crippen molar-refractivity contribution < 1.29 is 17.9 Å². The van der Waals surface area contributed by atoms with E-state index in [1.54, 1.807) is 43.0 Å². The third kappa shape index (κ3) is 4.70. The predicted molar refractivity (Wildman–Crippen MR) is 107 cm³/mol. The summed E-state index contributed by atoms with van der Waals surface area (Å²) in [5.74, 6) is 0.601. The molecule has 0 spiro atoms. The molecule has 0 radical (unpaired) electrons. The smallest absolute Gasteiger partial charge is 0.227 e. The maximum atomic E-state index is 12.6. The number of pyridine rings is 1. The maximum Gasteiger partial charge on any atom is 0.227 e. The van der Waals surface area contributed by atoms with Crippen molar-refractivity contribution in [3.8, 4) is 5.88 Å². The molecule has 7 heteroatoms. The summed E-state index contributed by atoms with van der Waals surface area (Å²) < 4.78 is 30.3. The molecule has 2 heterocycles. The number of carbonyl (C=O) groups excluding carboxylic acids is 1. The van der Waals surface area contributed by atoms with E-state index in [0.717, 1.165) is 17.7 Å². The Morgan fingerprint density at radius 3 is 2.57 bits per heavy atom. The molecule has 3 rings (SSSR count). The van der Waals surface area contributed by atoms with E-state index in [9.17, 15) is 13.2 Å². The first kappa shape index (κ1) is 20.3. The summed E-state index contributed by atoms with van der Waals surface area (Å²) >= 11 is 0. The topological polar surface area (TPSA) is 76.6 Å². The van der Waals surface area contributed by atoms with Crippen LogP contribution >= 0.6 is 0 Å². The van der Waals surface area contributed by atoms with Crippen molar-refractivity contribution in [2.45, 2.75) is 49.9 Å². The molecule has 1 amide bonds. The van der Waals surface area contributed by atoms with Gasteiger partial charge in [-0.2, -0.15) is 0 Å². The van der Waals surface area contributed by atoms with Gasteiger partial charge in [-0.05, 0) is 44.5 Å². The van der Waals surface area contributed by atoms with Crippen LogP contribution in [0.5, 0.6) is 5.88 Å². The highest BCUT2D eigenvalue weighted by atomic mass is 32.2. The first-order valence-corrected chi connectivity index (χ1v) is 11.0. The van der Waals surface area contributed by atoms with Crippen molar-refractivity contribution in [2.75, 3.05) is 13.1 Å². The number of likely N-dealkylation sites (tertiary alicyclic amines) is 1. The van der Waals surface area contributed by atoms with E-state index in [1.807, 2.05) is 25.1 Å². The summed E-state index contributed by atoms with van der Waals surface area (Å²) in [5, 5.41) is -0.468. The molecule has 150 valence electrons. The Hall–Kier alpha value is -2.41. The number of rotatable bonds is 6. The second-order valence-electron chi connectivity index (χ2n) is 7.40. The summed E-state index contributed by atoms with van der Waals surface area (Å²) in [6, 6.07) is 12.2. The van der Waals surface area contributed by atoms with E-state index >= 15 is 0 Å². The molecule has 1 aliphatic rings. The fourth-order valence-electron chi connectivity index (χ4n) is 3.16. The minimum absolute atomic E-state index is 0.0165. The van der Waals surface area contributed by atoms with Crippen molar-refractivity contribution in [2.24, 2.45) is 0 Å². The van der Waals surface area contributed by atoms with Gasteiger partial charge in [0.05, 0.1) is 23.1 Å². The molecule has 1 unspecified atom stereocenters. The Labute approximate surface area is 166 Å². The number of aromatic nitrogens is 1. The van der Waals surface area contributed by atoms with E-state index in [1.165, 1.54) is 0 Å².